The molecule has 0 radical (unpaired) electrons. The Hall–Kier alpha value is -0.970. The minimum Gasteiger partial charge on any atom is -0.395 e. The predicted octanol–water partition coefficient (Wildman–Crippen LogP) is 3.66. The molecule has 0 atom stereocenters. The number of halogens is 2. The van der Waals surface area contributed by atoms with Crippen molar-refractivity contribution in [3.8, 4) is 0 Å². The van der Waals surface area contributed by atoms with Crippen LogP contribution < -0.4 is 5.73 Å². The molecule has 1 aromatic heterocycles. The third-order valence-corrected chi connectivity index (χ3v) is 3.55. The van der Waals surface area contributed by atoms with Crippen molar-refractivity contribution in [3.05, 3.63) is 46.3 Å². The molecule has 0 fully saturated rings. The molecule has 2 N–H and O–H groups in total. The van der Waals surface area contributed by atoms with E-state index in [0.29, 0.717) is 10.7 Å². The highest BCUT2D eigenvalue weighted by Gasteiger charge is 2.04. The minimum atomic E-state index is 0.206. The number of thioether (sulfide) groups is 1. The number of aromatic nitrogens is 2. The van der Waals surface area contributed by atoms with Crippen molar-refractivity contribution >= 4 is 40.7 Å². The van der Waals surface area contributed by atoms with Crippen LogP contribution in [0.5, 0.6) is 0 Å². The topological polar surface area (TPSA) is 51.8 Å². The molecule has 0 aliphatic carbocycles. The Labute approximate surface area is 113 Å². The molecule has 0 bridgehead atoms. The van der Waals surface area contributed by atoms with Crippen molar-refractivity contribution in [3.63, 3.8) is 0 Å². The molecule has 0 aliphatic heterocycles. The number of hydrogen-bond donors (Lipinski definition) is 1. The summed E-state index contributed by atoms with van der Waals surface area (Å²) in [5.41, 5.74) is 7.43. The molecule has 0 saturated carbocycles. The van der Waals surface area contributed by atoms with Crippen molar-refractivity contribution in [1.29, 1.82) is 0 Å². The molecule has 0 aliphatic rings. The number of anilines is 1. The SMILES string of the molecule is Nc1cnc(Cl)nc1SCc1ccc(Cl)cc1. The fraction of sp³-hybridized carbons (Fsp3) is 0.0909. The van der Waals surface area contributed by atoms with Gasteiger partial charge in [0.1, 0.15) is 5.03 Å². The van der Waals surface area contributed by atoms with E-state index in [9.17, 15) is 0 Å². The Bertz CT molecular complexity index is 517. The van der Waals surface area contributed by atoms with E-state index in [4.69, 9.17) is 28.9 Å². The van der Waals surface area contributed by atoms with Crippen molar-refractivity contribution in [1.82, 2.24) is 9.97 Å². The molecule has 6 heteroatoms. The molecule has 88 valence electrons. The molecule has 1 heterocycles. The first-order valence-electron chi connectivity index (χ1n) is 4.80. The zero-order valence-electron chi connectivity index (χ0n) is 8.73. The number of rotatable bonds is 3. The lowest BCUT2D eigenvalue weighted by atomic mass is 10.2. The Morgan fingerprint density at radius 2 is 1.88 bits per heavy atom. The summed E-state index contributed by atoms with van der Waals surface area (Å²) < 4.78 is 0. The lowest BCUT2D eigenvalue weighted by molar-refractivity contribution is 1.06. The van der Waals surface area contributed by atoms with Crippen LogP contribution in [0.4, 0.5) is 5.69 Å². The van der Waals surface area contributed by atoms with Gasteiger partial charge in [0, 0.05) is 10.8 Å². The molecule has 0 amide bonds. The molecule has 1 aromatic carbocycles. The summed E-state index contributed by atoms with van der Waals surface area (Å²) in [6.07, 6.45) is 1.51. The van der Waals surface area contributed by atoms with Gasteiger partial charge in [-0.2, -0.15) is 0 Å². The van der Waals surface area contributed by atoms with Gasteiger partial charge in [-0.3, -0.25) is 0 Å². The summed E-state index contributed by atoms with van der Waals surface area (Å²) in [4.78, 5) is 7.88. The number of hydrogen-bond acceptors (Lipinski definition) is 4. The van der Waals surface area contributed by atoms with E-state index in [-0.39, 0.29) is 5.28 Å². The molecule has 0 saturated heterocycles. The quantitative estimate of drug-likeness (QED) is 0.531. The molecular formula is C11H9Cl2N3S. The summed E-state index contributed by atoms with van der Waals surface area (Å²) in [7, 11) is 0. The van der Waals surface area contributed by atoms with E-state index < -0.39 is 0 Å². The van der Waals surface area contributed by atoms with E-state index in [1.807, 2.05) is 24.3 Å². The van der Waals surface area contributed by atoms with Gasteiger partial charge >= 0.3 is 0 Å². The van der Waals surface area contributed by atoms with Crippen LogP contribution in [0.1, 0.15) is 5.56 Å². The largest absolute Gasteiger partial charge is 0.395 e. The monoisotopic (exact) mass is 285 g/mol. The maximum absolute atomic E-state index is 5.81. The Morgan fingerprint density at radius 1 is 1.18 bits per heavy atom. The highest BCUT2D eigenvalue weighted by Crippen LogP contribution is 2.26. The summed E-state index contributed by atoms with van der Waals surface area (Å²) in [6, 6.07) is 7.64. The van der Waals surface area contributed by atoms with Crippen molar-refractivity contribution in [2.45, 2.75) is 10.8 Å². The summed E-state index contributed by atoms with van der Waals surface area (Å²) in [5, 5.41) is 1.63. The van der Waals surface area contributed by atoms with Gasteiger partial charge in [0.15, 0.2) is 0 Å². The molecule has 0 unspecified atom stereocenters. The molecular weight excluding hydrogens is 277 g/mol. The summed E-state index contributed by atoms with van der Waals surface area (Å²) in [5.74, 6) is 0.759. The third-order valence-electron chi connectivity index (χ3n) is 2.04. The van der Waals surface area contributed by atoms with Crippen LogP contribution in [-0.2, 0) is 5.75 Å². The van der Waals surface area contributed by atoms with Crippen molar-refractivity contribution < 1.29 is 0 Å². The fourth-order valence-electron chi connectivity index (χ4n) is 1.20. The lowest BCUT2D eigenvalue weighted by Gasteiger charge is -2.04. The normalized spacial score (nSPS) is 10.5. The van der Waals surface area contributed by atoms with Crippen LogP contribution >= 0.6 is 35.0 Å². The van der Waals surface area contributed by atoms with Crippen LogP contribution in [0.2, 0.25) is 10.3 Å². The lowest BCUT2D eigenvalue weighted by Crippen LogP contribution is -1.94. The van der Waals surface area contributed by atoms with Crippen LogP contribution in [0, 0.1) is 0 Å². The van der Waals surface area contributed by atoms with E-state index in [0.717, 1.165) is 16.3 Å². The number of nitrogens with two attached hydrogens (primary N) is 1. The number of nitrogen functional groups attached to an aromatic ring is 1. The first-order chi connectivity index (χ1) is 8.15. The third kappa shape index (κ3) is 3.49. The second kappa shape index (κ2) is 5.58. The van der Waals surface area contributed by atoms with Crippen molar-refractivity contribution in [2.75, 3.05) is 5.73 Å². The Morgan fingerprint density at radius 3 is 2.59 bits per heavy atom. The van der Waals surface area contributed by atoms with Crippen LogP contribution in [0.25, 0.3) is 0 Å². The molecule has 0 spiro atoms. The zero-order valence-corrected chi connectivity index (χ0v) is 11.1. The first kappa shape index (κ1) is 12.5. The Balaban J connectivity index is 2.07. The van der Waals surface area contributed by atoms with Gasteiger partial charge in [0.05, 0.1) is 11.9 Å². The van der Waals surface area contributed by atoms with E-state index in [1.54, 1.807) is 0 Å². The van der Waals surface area contributed by atoms with E-state index in [2.05, 4.69) is 9.97 Å². The van der Waals surface area contributed by atoms with Gasteiger partial charge in [-0.15, -0.1) is 0 Å². The smallest absolute Gasteiger partial charge is 0.223 e. The predicted molar refractivity (Wildman–Crippen MR) is 72.5 cm³/mol. The maximum Gasteiger partial charge on any atom is 0.223 e. The van der Waals surface area contributed by atoms with Crippen LogP contribution in [-0.4, -0.2) is 9.97 Å². The zero-order chi connectivity index (χ0) is 12.3. The standard InChI is InChI=1S/C11H9Cl2N3S/c12-8-3-1-7(2-4-8)6-17-10-9(14)5-15-11(13)16-10/h1-5H,6,14H2. The highest BCUT2D eigenvalue weighted by molar-refractivity contribution is 7.98. The van der Waals surface area contributed by atoms with Gasteiger partial charge in [0.2, 0.25) is 5.28 Å². The summed E-state index contributed by atoms with van der Waals surface area (Å²) >= 11 is 13.0. The maximum atomic E-state index is 5.81. The van der Waals surface area contributed by atoms with Crippen molar-refractivity contribution in [2.24, 2.45) is 0 Å². The molecule has 2 aromatic rings. The molecule has 17 heavy (non-hydrogen) atoms. The minimum absolute atomic E-state index is 0.206. The average molecular weight is 286 g/mol. The number of nitrogens with zero attached hydrogens (tertiary/aromatic N) is 2. The summed E-state index contributed by atoms with van der Waals surface area (Å²) in [6.45, 7) is 0. The molecule has 2 rings (SSSR count). The Kier molecular flexibility index (Phi) is 4.10. The van der Waals surface area contributed by atoms with Gasteiger partial charge in [-0.1, -0.05) is 35.5 Å². The molecule has 3 nitrogen and oxygen atoms in total. The first-order valence-corrected chi connectivity index (χ1v) is 6.54. The van der Waals surface area contributed by atoms with Gasteiger partial charge < -0.3 is 5.73 Å². The second-order valence-corrected chi connectivity index (χ2v) is 5.05. The van der Waals surface area contributed by atoms with Gasteiger partial charge in [-0.25, -0.2) is 9.97 Å². The second-order valence-electron chi connectivity index (χ2n) is 3.31. The van der Waals surface area contributed by atoms with E-state index in [1.165, 1.54) is 18.0 Å². The highest BCUT2D eigenvalue weighted by atomic mass is 35.5. The average Bonchev–Trinajstić information content (AvgIpc) is 2.32. The number of benzene rings is 1. The van der Waals surface area contributed by atoms with E-state index >= 15 is 0 Å². The van der Waals surface area contributed by atoms with Crippen LogP contribution in [0.15, 0.2) is 35.5 Å². The van der Waals surface area contributed by atoms with Crippen LogP contribution in [0.3, 0.4) is 0 Å². The van der Waals surface area contributed by atoms with Gasteiger partial charge in [-0.05, 0) is 29.3 Å². The van der Waals surface area contributed by atoms with Gasteiger partial charge in [0.25, 0.3) is 0 Å². The fourth-order valence-corrected chi connectivity index (χ4v) is 2.38.